The number of rotatable bonds is 10. The molecule has 1 atom stereocenters. The Morgan fingerprint density at radius 1 is 1.16 bits per heavy atom. The smallest absolute Gasteiger partial charge is 0.326 e. The number of aliphatic carboxylic acids is 2. The third-order valence-corrected chi connectivity index (χ3v) is 2.29. The molecule has 110 valence electrons. The van der Waals surface area contributed by atoms with Crippen LogP contribution in [-0.4, -0.2) is 54.5 Å². The van der Waals surface area contributed by atoms with Crippen LogP contribution in [0.5, 0.6) is 0 Å². The molecule has 0 saturated heterocycles. The maximum Gasteiger partial charge on any atom is 0.326 e. The monoisotopic (exact) mass is 276 g/mol. The van der Waals surface area contributed by atoms with Gasteiger partial charge < -0.3 is 25.6 Å². The highest BCUT2D eigenvalue weighted by Crippen LogP contribution is 1.95. The summed E-state index contributed by atoms with van der Waals surface area (Å²) in [5, 5.41) is 21.8. The van der Waals surface area contributed by atoms with E-state index in [9.17, 15) is 14.4 Å². The molecule has 8 heteroatoms. The van der Waals surface area contributed by atoms with E-state index >= 15 is 0 Å². The molecule has 0 radical (unpaired) electrons. The molecule has 0 heterocycles. The zero-order valence-corrected chi connectivity index (χ0v) is 10.8. The molecule has 4 N–H and O–H groups in total. The van der Waals surface area contributed by atoms with Crippen LogP contribution in [0.2, 0.25) is 0 Å². The summed E-state index contributed by atoms with van der Waals surface area (Å²) in [6, 6.07) is -2.11. The SMILES string of the molecule is COCCCCCNC(=O)N[C@@H](CC(=O)O)C(=O)O. The van der Waals surface area contributed by atoms with Crippen LogP contribution in [0.15, 0.2) is 0 Å². The summed E-state index contributed by atoms with van der Waals surface area (Å²) in [6.45, 7) is 1.06. The number of amides is 2. The van der Waals surface area contributed by atoms with Gasteiger partial charge >= 0.3 is 18.0 Å². The standard InChI is InChI=1S/C11H20N2O6/c1-19-6-4-2-3-5-12-11(18)13-8(10(16)17)7-9(14)15/h8H,2-7H2,1H3,(H,14,15)(H,16,17)(H2,12,13,18)/t8-/m0/s1. The van der Waals surface area contributed by atoms with E-state index in [0.29, 0.717) is 13.2 Å². The zero-order valence-electron chi connectivity index (χ0n) is 10.8. The predicted molar refractivity (Wildman–Crippen MR) is 65.9 cm³/mol. The van der Waals surface area contributed by atoms with Crippen molar-refractivity contribution in [3.63, 3.8) is 0 Å². The molecule has 19 heavy (non-hydrogen) atoms. The molecule has 0 rings (SSSR count). The number of urea groups is 1. The highest BCUT2D eigenvalue weighted by Gasteiger charge is 2.22. The van der Waals surface area contributed by atoms with Gasteiger partial charge in [-0.25, -0.2) is 9.59 Å². The molecule has 0 saturated carbocycles. The maximum absolute atomic E-state index is 11.3. The number of nitrogens with one attached hydrogen (secondary N) is 2. The van der Waals surface area contributed by atoms with Crippen molar-refractivity contribution in [1.29, 1.82) is 0 Å². The number of methoxy groups -OCH3 is 1. The van der Waals surface area contributed by atoms with Gasteiger partial charge in [0.25, 0.3) is 0 Å². The van der Waals surface area contributed by atoms with E-state index in [1.54, 1.807) is 7.11 Å². The summed E-state index contributed by atoms with van der Waals surface area (Å²) < 4.78 is 4.86. The number of carbonyl (C=O) groups excluding carboxylic acids is 1. The molecule has 0 aromatic rings. The van der Waals surface area contributed by atoms with Crippen LogP contribution in [0.3, 0.4) is 0 Å². The van der Waals surface area contributed by atoms with Crippen LogP contribution in [0.1, 0.15) is 25.7 Å². The molecule has 0 aliphatic carbocycles. The molecule has 0 aliphatic rings. The fourth-order valence-electron chi connectivity index (χ4n) is 1.33. The van der Waals surface area contributed by atoms with Crippen LogP contribution in [0, 0.1) is 0 Å². The molecular weight excluding hydrogens is 256 g/mol. The number of unbranched alkanes of at least 4 members (excludes halogenated alkanes) is 2. The Hall–Kier alpha value is -1.83. The summed E-state index contributed by atoms with van der Waals surface area (Å²) in [6.07, 6.45) is 1.85. The van der Waals surface area contributed by atoms with Gasteiger partial charge in [0.1, 0.15) is 6.04 Å². The average molecular weight is 276 g/mol. The lowest BCUT2D eigenvalue weighted by atomic mass is 10.2. The number of carboxylic acids is 2. The minimum atomic E-state index is -1.43. The topological polar surface area (TPSA) is 125 Å². The predicted octanol–water partition coefficient (Wildman–Crippen LogP) is 0.0302. The van der Waals surface area contributed by atoms with Crippen molar-refractivity contribution in [2.45, 2.75) is 31.7 Å². The Kier molecular flexibility index (Phi) is 9.15. The van der Waals surface area contributed by atoms with E-state index in [4.69, 9.17) is 14.9 Å². The fraction of sp³-hybridized carbons (Fsp3) is 0.727. The first kappa shape index (κ1) is 17.2. The Morgan fingerprint density at radius 3 is 2.37 bits per heavy atom. The van der Waals surface area contributed by atoms with E-state index < -0.39 is 30.4 Å². The molecule has 8 nitrogen and oxygen atoms in total. The molecule has 0 aromatic heterocycles. The number of ether oxygens (including phenoxy) is 1. The van der Waals surface area contributed by atoms with Crippen molar-refractivity contribution >= 4 is 18.0 Å². The Bertz CT molecular complexity index is 308. The highest BCUT2D eigenvalue weighted by molar-refractivity contribution is 5.86. The molecule has 0 unspecified atom stereocenters. The van der Waals surface area contributed by atoms with E-state index in [-0.39, 0.29) is 0 Å². The molecule has 0 aromatic carbocycles. The van der Waals surface area contributed by atoms with Gasteiger partial charge in [-0.15, -0.1) is 0 Å². The maximum atomic E-state index is 11.3. The Labute approximate surface area is 111 Å². The van der Waals surface area contributed by atoms with Gasteiger partial charge in [0.2, 0.25) is 0 Å². The quantitative estimate of drug-likeness (QED) is 0.417. The van der Waals surface area contributed by atoms with Crippen molar-refractivity contribution in [2.75, 3.05) is 20.3 Å². The van der Waals surface area contributed by atoms with Gasteiger partial charge in [0, 0.05) is 20.3 Å². The van der Waals surface area contributed by atoms with Gasteiger partial charge in [-0.2, -0.15) is 0 Å². The van der Waals surface area contributed by atoms with Crippen LogP contribution < -0.4 is 10.6 Å². The van der Waals surface area contributed by atoms with E-state index in [1.807, 2.05) is 0 Å². The van der Waals surface area contributed by atoms with Crippen molar-refractivity contribution in [1.82, 2.24) is 10.6 Å². The summed E-state index contributed by atoms with van der Waals surface area (Å²) in [7, 11) is 1.61. The fourth-order valence-corrected chi connectivity index (χ4v) is 1.33. The summed E-state index contributed by atoms with van der Waals surface area (Å²) in [4.78, 5) is 32.4. The normalized spacial score (nSPS) is 11.6. The van der Waals surface area contributed by atoms with E-state index in [2.05, 4.69) is 10.6 Å². The molecule has 0 spiro atoms. The molecular formula is C11H20N2O6. The first-order valence-corrected chi connectivity index (χ1v) is 5.95. The minimum Gasteiger partial charge on any atom is -0.481 e. The number of carboxylic acid groups (broad SMARTS) is 2. The van der Waals surface area contributed by atoms with E-state index in [1.165, 1.54) is 0 Å². The van der Waals surface area contributed by atoms with Gasteiger partial charge in [-0.1, -0.05) is 0 Å². The second kappa shape index (κ2) is 10.1. The molecule has 0 fully saturated rings. The van der Waals surface area contributed by atoms with Crippen molar-refractivity contribution in [3.05, 3.63) is 0 Å². The first-order valence-electron chi connectivity index (χ1n) is 5.95. The lowest BCUT2D eigenvalue weighted by molar-refractivity contribution is -0.145. The van der Waals surface area contributed by atoms with E-state index in [0.717, 1.165) is 19.3 Å². The third-order valence-electron chi connectivity index (χ3n) is 2.29. The average Bonchev–Trinajstić information content (AvgIpc) is 2.32. The van der Waals surface area contributed by atoms with Gasteiger partial charge in [0.15, 0.2) is 0 Å². The van der Waals surface area contributed by atoms with Crippen LogP contribution in [0.4, 0.5) is 4.79 Å². The summed E-state index contributed by atoms with van der Waals surface area (Å²) in [5.41, 5.74) is 0. The highest BCUT2D eigenvalue weighted by atomic mass is 16.5. The number of carbonyl (C=O) groups is 3. The summed E-state index contributed by atoms with van der Waals surface area (Å²) >= 11 is 0. The Balaban J connectivity index is 3.81. The molecule has 0 bridgehead atoms. The van der Waals surface area contributed by atoms with Gasteiger partial charge in [-0.3, -0.25) is 4.79 Å². The second-order valence-corrected chi connectivity index (χ2v) is 3.94. The van der Waals surface area contributed by atoms with Crippen LogP contribution in [0.25, 0.3) is 0 Å². The second-order valence-electron chi connectivity index (χ2n) is 3.94. The van der Waals surface area contributed by atoms with Gasteiger partial charge in [-0.05, 0) is 19.3 Å². The van der Waals surface area contributed by atoms with Crippen molar-refractivity contribution < 1.29 is 29.3 Å². The zero-order chi connectivity index (χ0) is 14.7. The Morgan fingerprint density at radius 2 is 1.84 bits per heavy atom. The number of hydrogen-bond acceptors (Lipinski definition) is 4. The largest absolute Gasteiger partial charge is 0.481 e. The van der Waals surface area contributed by atoms with Crippen molar-refractivity contribution in [3.8, 4) is 0 Å². The third kappa shape index (κ3) is 9.83. The van der Waals surface area contributed by atoms with Crippen LogP contribution >= 0.6 is 0 Å². The summed E-state index contributed by atoms with van der Waals surface area (Å²) in [5.74, 6) is -2.66. The number of hydrogen-bond donors (Lipinski definition) is 4. The van der Waals surface area contributed by atoms with Crippen molar-refractivity contribution in [2.24, 2.45) is 0 Å². The van der Waals surface area contributed by atoms with Gasteiger partial charge in [0.05, 0.1) is 6.42 Å². The first-order chi connectivity index (χ1) is 8.97. The lowest BCUT2D eigenvalue weighted by Crippen LogP contribution is -2.47. The van der Waals surface area contributed by atoms with Crippen LogP contribution in [-0.2, 0) is 14.3 Å². The molecule has 2 amide bonds. The lowest BCUT2D eigenvalue weighted by Gasteiger charge is -2.13. The molecule has 0 aliphatic heterocycles. The minimum absolute atomic E-state index is 0.398.